The van der Waals surface area contributed by atoms with Crippen LogP contribution in [-0.2, 0) is 4.74 Å². The summed E-state index contributed by atoms with van der Waals surface area (Å²) in [6.45, 7) is 4.38. The van der Waals surface area contributed by atoms with Gasteiger partial charge in [-0.1, -0.05) is 17.1 Å². The van der Waals surface area contributed by atoms with Gasteiger partial charge in [0.25, 0.3) is 0 Å². The number of rotatable bonds is 7. The molecule has 1 aromatic heterocycles. The third-order valence-electron chi connectivity index (χ3n) is 1.53. The number of hydrogen-bond donors (Lipinski definition) is 2. The van der Waals surface area contributed by atoms with E-state index in [1.54, 1.807) is 0 Å². The van der Waals surface area contributed by atoms with E-state index in [9.17, 15) is 0 Å². The summed E-state index contributed by atoms with van der Waals surface area (Å²) in [6.07, 6.45) is 1.95. The van der Waals surface area contributed by atoms with Crippen LogP contribution in [0.25, 0.3) is 0 Å². The van der Waals surface area contributed by atoms with Gasteiger partial charge in [-0.05, 0) is 12.8 Å². The molecule has 0 saturated heterocycles. The zero-order valence-electron chi connectivity index (χ0n) is 8.32. The maximum atomic E-state index is 5.29. The van der Waals surface area contributed by atoms with Gasteiger partial charge in [-0.15, -0.1) is 0 Å². The second-order valence-electron chi connectivity index (χ2n) is 2.84. The molecular formula is C8H16N4O2. The van der Waals surface area contributed by atoms with Gasteiger partial charge in [-0.25, -0.2) is 0 Å². The zero-order chi connectivity index (χ0) is 10.2. The molecule has 0 radical (unpaired) electrons. The number of nitrogens with zero attached hydrogens (tertiary/aromatic N) is 2. The van der Waals surface area contributed by atoms with Crippen LogP contribution in [0.5, 0.6) is 0 Å². The van der Waals surface area contributed by atoms with E-state index in [0.717, 1.165) is 32.6 Å². The number of nitrogens with one attached hydrogen (secondary N) is 1. The van der Waals surface area contributed by atoms with Crippen LogP contribution in [0.1, 0.15) is 19.8 Å². The van der Waals surface area contributed by atoms with Crippen molar-refractivity contribution in [3.8, 4) is 0 Å². The normalized spacial score (nSPS) is 10.4. The molecule has 1 rings (SSSR count). The lowest BCUT2D eigenvalue weighted by molar-refractivity contribution is 0.134. The minimum atomic E-state index is 0.0785. The molecule has 6 nitrogen and oxygen atoms in total. The first kappa shape index (κ1) is 10.8. The lowest BCUT2D eigenvalue weighted by atomic mass is 10.4. The summed E-state index contributed by atoms with van der Waals surface area (Å²) in [5, 5.41) is 10.1. The summed E-state index contributed by atoms with van der Waals surface area (Å²) in [4.78, 5) is 0. The van der Waals surface area contributed by atoms with E-state index in [1.807, 2.05) is 0 Å². The third kappa shape index (κ3) is 4.08. The third-order valence-corrected chi connectivity index (χ3v) is 1.53. The first-order valence-corrected chi connectivity index (χ1v) is 4.73. The van der Waals surface area contributed by atoms with E-state index < -0.39 is 0 Å². The van der Waals surface area contributed by atoms with Crippen LogP contribution in [0.4, 0.5) is 12.0 Å². The SMILES string of the molecule is CCCOCCCNc1nnc(N)o1. The number of anilines is 2. The molecule has 0 aromatic carbocycles. The molecule has 1 aromatic rings. The Hall–Kier alpha value is -1.30. The Morgan fingerprint density at radius 2 is 2.29 bits per heavy atom. The minimum absolute atomic E-state index is 0.0785. The molecule has 0 atom stereocenters. The first-order valence-electron chi connectivity index (χ1n) is 4.73. The van der Waals surface area contributed by atoms with Gasteiger partial charge in [0.05, 0.1) is 0 Å². The van der Waals surface area contributed by atoms with Gasteiger partial charge in [0.15, 0.2) is 0 Å². The average molecular weight is 200 g/mol. The molecule has 6 heteroatoms. The monoisotopic (exact) mass is 200 g/mol. The molecule has 3 N–H and O–H groups in total. The van der Waals surface area contributed by atoms with Gasteiger partial charge in [-0.3, -0.25) is 0 Å². The molecule has 1 heterocycles. The van der Waals surface area contributed by atoms with Gasteiger partial charge in [0.1, 0.15) is 0 Å². The molecule has 0 aliphatic carbocycles. The summed E-state index contributed by atoms with van der Waals surface area (Å²) in [7, 11) is 0. The van der Waals surface area contributed by atoms with Crippen molar-refractivity contribution in [2.75, 3.05) is 30.8 Å². The van der Waals surface area contributed by atoms with E-state index in [-0.39, 0.29) is 6.01 Å². The predicted octanol–water partition coefficient (Wildman–Crippen LogP) is 0.880. The van der Waals surface area contributed by atoms with E-state index in [1.165, 1.54) is 0 Å². The minimum Gasteiger partial charge on any atom is -0.390 e. The Bertz CT molecular complexity index is 251. The summed E-state index contributed by atoms with van der Waals surface area (Å²) < 4.78 is 10.2. The average Bonchev–Trinajstić information content (AvgIpc) is 2.58. The Morgan fingerprint density at radius 3 is 2.93 bits per heavy atom. The van der Waals surface area contributed by atoms with Gasteiger partial charge >= 0.3 is 12.0 Å². The van der Waals surface area contributed by atoms with Crippen molar-refractivity contribution in [3.63, 3.8) is 0 Å². The van der Waals surface area contributed by atoms with Crippen LogP contribution in [0.15, 0.2) is 4.42 Å². The van der Waals surface area contributed by atoms with Crippen molar-refractivity contribution in [2.45, 2.75) is 19.8 Å². The Labute approximate surface area is 82.8 Å². The molecular weight excluding hydrogens is 184 g/mol. The van der Waals surface area contributed by atoms with E-state index in [2.05, 4.69) is 22.4 Å². The van der Waals surface area contributed by atoms with Crippen molar-refractivity contribution >= 4 is 12.0 Å². The molecule has 0 aliphatic rings. The van der Waals surface area contributed by atoms with Crippen LogP contribution in [0, 0.1) is 0 Å². The van der Waals surface area contributed by atoms with Crippen molar-refractivity contribution in [2.24, 2.45) is 0 Å². The molecule has 0 saturated carbocycles. The summed E-state index contributed by atoms with van der Waals surface area (Å²) in [5.41, 5.74) is 5.24. The van der Waals surface area contributed by atoms with Crippen molar-refractivity contribution < 1.29 is 9.15 Å². The largest absolute Gasteiger partial charge is 0.390 e. The lowest BCUT2D eigenvalue weighted by Gasteiger charge is -2.02. The molecule has 0 spiro atoms. The highest BCUT2D eigenvalue weighted by Gasteiger charge is 1.99. The van der Waals surface area contributed by atoms with Crippen LogP contribution < -0.4 is 11.1 Å². The van der Waals surface area contributed by atoms with E-state index >= 15 is 0 Å². The topological polar surface area (TPSA) is 86.2 Å². The highest BCUT2D eigenvalue weighted by molar-refractivity contribution is 5.21. The second-order valence-corrected chi connectivity index (χ2v) is 2.84. The maximum absolute atomic E-state index is 5.29. The van der Waals surface area contributed by atoms with Gasteiger partial charge in [0.2, 0.25) is 0 Å². The molecule has 80 valence electrons. The van der Waals surface area contributed by atoms with Crippen molar-refractivity contribution in [3.05, 3.63) is 0 Å². The van der Waals surface area contributed by atoms with E-state index in [4.69, 9.17) is 14.9 Å². The standard InChI is InChI=1S/C8H16N4O2/c1-2-5-13-6-3-4-10-8-12-11-7(9)14-8/h2-6H2,1H3,(H2,9,11)(H,10,12). The Morgan fingerprint density at radius 1 is 1.43 bits per heavy atom. The van der Waals surface area contributed by atoms with E-state index in [0.29, 0.717) is 6.01 Å². The number of aromatic nitrogens is 2. The number of nitrogen functional groups attached to an aromatic ring is 1. The number of nitrogens with two attached hydrogens (primary N) is 1. The summed E-state index contributed by atoms with van der Waals surface area (Å²) in [6, 6.07) is 0.438. The van der Waals surface area contributed by atoms with Crippen LogP contribution >= 0.6 is 0 Å². The predicted molar refractivity (Wildman–Crippen MR) is 52.9 cm³/mol. The van der Waals surface area contributed by atoms with Gasteiger partial charge < -0.3 is 20.2 Å². The number of ether oxygens (including phenoxy) is 1. The first-order chi connectivity index (χ1) is 6.83. The summed E-state index contributed by atoms with van der Waals surface area (Å²) >= 11 is 0. The molecule has 0 amide bonds. The highest BCUT2D eigenvalue weighted by Crippen LogP contribution is 2.05. The van der Waals surface area contributed by atoms with Crippen LogP contribution in [0.3, 0.4) is 0 Å². The molecule has 0 bridgehead atoms. The van der Waals surface area contributed by atoms with Crippen molar-refractivity contribution in [1.29, 1.82) is 0 Å². The molecule has 0 aliphatic heterocycles. The highest BCUT2D eigenvalue weighted by atomic mass is 16.5. The van der Waals surface area contributed by atoms with Crippen LogP contribution in [-0.4, -0.2) is 30.0 Å². The van der Waals surface area contributed by atoms with Gasteiger partial charge in [0, 0.05) is 19.8 Å². The second kappa shape index (κ2) is 6.20. The van der Waals surface area contributed by atoms with Crippen molar-refractivity contribution in [1.82, 2.24) is 10.2 Å². The fraction of sp³-hybridized carbons (Fsp3) is 0.750. The molecule has 0 fully saturated rings. The zero-order valence-corrected chi connectivity index (χ0v) is 8.32. The Kier molecular flexibility index (Phi) is 4.77. The molecule has 0 unspecified atom stereocenters. The smallest absolute Gasteiger partial charge is 0.316 e. The maximum Gasteiger partial charge on any atom is 0.316 e. The van der Waals surface area contributed by atoms with Gasteiger partial charge in [-0.2, -0.15) is 0 Å². The summed E-state index contributed by atoms with van der Waals surface area (Å²) in [5.74, 6) is 0. The fourth-order valence-corrected chi connectivity index (χ4v) is 0.922. The fourth-order valence-electron chi connectivity index (χ4n) is 0.922. The molecule has 14 heavy (non-hydrogen) atoms. The Balaban J connectivity index is 1.99. The van der Waals surface area contributed by atoms with Crippen LogP contribution in [0.2, 0.25) is 0 Å². The lowest BCUT2D eigenvalue weighted by Crippen LogP contribution is -2.06. The quantitative estimate of drug-likeness (QED) is 0.635. The number of hydrogen-bond acceptors (Lipinski definition) is 6.